The maximum Gasteiger partial charge on any atom is 0.230 e. The second kappa shape index (κ2) is 7.94. The van der Waals surface area contributed by atoms with Gasteiger partial charge in [0.2, 0.25) is 5.91 Å². The summed E-state index contributed by atoms with van der Waals surface area (Å²) in [7, 11) is 0. The van der Waals surface area contributed by atoms with Gasteiger partial charge in [0.15, 0.2) is 0 Å². The third-order valence-corrected chi connectivity index (χ3v) is 4.04. The molecule has 108 valence electrons. The van der Waals surface area contributed by atoms with Gasteiger partial charge in [-0.25, -0.2) is 4.98 Å². The second-order valence-corrected chi connectivity index (χ2v) is 5.81. The molecule has 0 saturated heterocycles. The molecule has 1 aromatic carbocycles. The number of benzene rings is 1. The van der Waals surface area contributed by atoms with E-state index in [0.717, 1.165) is 29.0 Å². The number of amides is 1. The molecule has 0 aliphatic rings. The number of rotatable bonds is 8. The van der Waals surface area contributed by atoms with Crippen LogP contribution in [0, 0.1) is 0 Å². The molecule has 0 fully saturated rings. The fraction of sp³-hybridized carbons (Fsp3) is 0.467. The van der Waals surface area contributed by atoms with Crippen molar-refractivity contribution in [2.24, 2.45) is 0 Å². The monoisotopic (exact) mass is 291 g/mol. The molecule has 4 nitrogen and oxygen atoms in total. The van der Waals surface area contributed by atoms with Crippen molar-refractivity contribution in [2.75, 3.05) is 18.1 Å². The van der Waals surface area contributed by atoms with Gasteiger partial charge in [0.25, 0.3) is 0 Å². The van der Waals surface area contributed by atoms with Gasteiger partial charge in [0, 0.05) is 13.0 Å². The number of aromatic nitrogens is 2. The highest BCUT2D eigenvalue weighted by Crippen LogP contribution is 2.10. The zero-order valence-electron chi connectivity index (χ0n) is 11.8. The minimum absolute atomic E-state index is 0.113. The van der Waals surface area contributed by atoms with E-state index in [4.69, 9.17) is 0 Å². The molecule has 2 aromatic rings. The Kier molecular flexibility index (Phi) is 5.92. The average molecular weight is 291 g/mol. The second-order valence-electron chi connectivity index (χ2n) is 4.71. The number of thioether (sulfide) groups is 1. The van der Waals surface area contributed by atoms with Crippen molar-refractivity contribution in [1.82, 2.24) is 15.3 Å². The summed E-state index contributed by atoms with van der Waals surface area (Å²) < 4.78 is 0. The number of carbonyl (C=O) groups is 1. The van der Waals surface area contributed by atoms with Crippen LogP contribution in [0.5, 0.6) is 0 Å². The van der Waals surface area contributed by atoms with E-state index in [0.29, 0.717) is 12.3 Å². The lowest BCUT2D eigenvalue weighted by atomic mass is 10.3. The van der Waals surface area contributed by atoms with Gasteiger partial charge in [-0.3, -0.25) is 4.79 Å². The number of unbranched alkanes of at least 4 members (excludes halogenated alkanes) is 1. The predicted octanol–water partition coefficient (Wildman–Crippen LogP) is 2.75. The van der Waals surface area contributed by atoms with E-state index in [9.17, 15) is 4.79 Å². The predicted molar refractivity (Wildman–Crippen MR) is 85.0 cm³/mol. The molecule has 1 aromatic heterocycles. The third kappa shape index (κ3) is 4.56. The van der Waals surface area contributed by atoms with Gasteiger partial charge in [-0.15, -0.1) is 0 Å². The lowest BCUT2D eigenvalue weighted by Crippen LogP contribution is -2.27. The van der Waals surface area contributed by atoms with Crippen molar-refractivity contribution in [1.29, 1.82) is 0 Å². The first-order valence-corrected chi connectivity index (χ1v) is 8.23. The fourth-order valence-electron chi connectivity index (χ4n) is 1.91. The van der Waals surface area contributed by atoms with Crippen LogP contribution in [-0.2, 0) is 11.2 Å². The Labute approximate surface area is 123 Å². The third-order valence-electron chi connectivity index (χ3n) is 3.00. The van der Waals surface area contributed by atoms with Crippen molar-refractivity contribution in [3.05, 3.63) is 30.1 Å². The SMILES string of the molecule is CCCCSCC(=O)NCCc1nc2ccccc2[nH]1. The largest absolute Gasteiger partial charge is 0.355 e. The number of carbonyl (C=O) groups excluding carboxylic acids is 1. The molecule has 2 rings (SSSR count). The molecule has 0 atom stereocenters. The van der Waals surface area contributed by atoms with E-state index < -0.39 is 0 Å². The van der Waals surface area contributed by atoms with Crippen molar-refractivity contribution in [3.8, 4) is 0 Å². The highest BCUT2D eigenvalue weighted by molar-refractivity contribution is 7.99. The fourth-order valence-corrected chi connectivity index (χ4v) is 2.83. The van der Waals surface area contributed by atoms with Crippen molar-refractivity contribution in [3.63, 3.8) is 0 Å². The van der Waals surface area contributed by atoms with E-state index >= 15 is 0 Å². The smallest absolute Gasteiger partial charge is 0.230 e. The van der Waals surface area contributed by atoms with E-state index in [1.165, 1.54) is 12.8 Å². The van der Waals surface area contributed by atoms with Gasteiger partial charge in [0.05, 0.1) is 16.8 Å². The minimum Gasteiger partial charge on any atom is -0.355 e. The molecule has 20 heavy (non-hydrogen) atoms. The molecule has 0 unspecified atom stereocenters. The Morgan fingerprint density at radius 2 is 2.25 bits per heavy atom. The zero-order valence-corrected chi connectivity index (χ0v) is 12.6. The Morgan fingerprint density at radius 1 is 1.40 bits per heavy atom. The molecule has 1 heterocycles. The minimum atomic E-state index is 0.113. The molecule has 0 bridgehead atoms. The number of nitrogens with zero attached hydrogens (tertiary/aromatic N) is 1. The van der Waals surface area contributed by atoms with Gasteiger partial charge >= 0.3 is 0 Å². The first kappa shape index (κ1) is 14.9. The van der Waals surface area contributed by atoms with Gasteiger partial charge in [-0.05, 0) is 24.3 Å². The topological polar surface area (TPSA) is 57.8 Å². The van der Waals surface area contributed by atoms with Crippen LogP contribution in [0.1, 0.15) is 25.6 Å². The summed E-state index contributed by atoms with van der Waals surface area (Å²) in [6.07, 6.45) is 3.09. The Hall–Kier alpha value is -1.49. The maximum atomic E-state index is 11.6. The van der Waals surface area contributed by atoms with Crippen LogP contribution < -0.4 is 5.32 Å². The molecule has 0 aliphatic carbocycles. The standard InChI is InChI=1S/C15H21N3OS/c1-2-3-10-20-11-15(19)16-9-8-14-17-12-6-4-5-7-13(12)18-14/h4-7H,2-3,8-11H2,1H3,(H,16,19)(H,17,18). The summed E-state index contributed by atoms with van der Waals surface area (Å²) in [5.74, 6) is 2.65. The molecule has 0 radical (unpaired) electrons. The number of para-hydroxylation sites is 2. The van der Waals surface area contributed by atoms with E-state index in [2.05, 4.69) is 22.2 Å². The summed E-state index contributed by atoms with van der Waals surface area (Å²) >= 11 is 1.70. The van der Waals surface area contributed by atoms with Crippen molar-refractivity contribution >= 4 is 28.7 Å². The Morgan fingerprint density at radius 3 is 3.05 bits per heavy atom. The van der Waals surface area contributed by atoms with E-state index in [1.54, 1.807) is 11.8 Å². The average Bonchev–Trinajstić information content (AvgIpc) is 2.86. The molecule has 0 aliphatic heterocycles. The summed E-state index contributed by atoms with van der Waals surface area (Å²) in [6.45, 7) is 2.79. The van der Waals surface area contributed by atoms with Gasteiger partial charge in [-0.2, -0.15) is 11.8 Å². The molecular formula is C15H21N3OS. The van der Waals surface area contributed by atoms with Crippen LogP contribution in [0.25, 0.3) is 11.0 Å². The summed E-state index contributed by atoms with van der Waals surface area (Å²) in [4.78, 5) is 19.4. The number of H-pyrrole nitrogens is 1. The lowest BCUT2D eigenvalue weighted by molar-refractivity contribution is -0.118. The van der Waals surface area contributed by atoms with Gasteiger partial charge < -0.3 is 10.3 Å². The van der Waals surface area contributed by atoms with Crippen LogP contribution in [-0.4, -0.2) is 33.9 Å². The molecule has 1 amide bonds. The number of fused-ring (bicyclic) bond motifs is 1. The molecule has 0 saturated carbocycles. The molecule has 0 spiro atoms. The molecular weight excluding hydrogens is 270 g/mol. The van der Waals surface area contributed by atoms with Crippen LogP contribution >= 0.6 is 11.8 Å². The zero-order chi connectivity index (χ0) is 14.2. The summed E-state index contributed by atoms with van der Waals surface area (Å²) in [5.41, 5.74) is 2.02. The van der Waals surface area contributed by atoms with E-state index in [-0.39, 0.29) is 5.91 Å². The van der Waals surface area contributed by atoms with Crippen LogP contribution in [0.4, 0.5) is 0 Å². The van der Waals surface area contributed by atoms with Gasteiger partial charge in [-0.1, -0.05) is 25.5 Å². The normalized spacial score (nSPS) is 10.8. The Bertz CT molecular complexity index is 520. The maximum absolute atomic E-state index is 11.6. The molecule has 5 heteroatoms. The quantitative estimate of drug-likeness (QED) is 0.735. The van der Waals surface area contributed by atoms with Crippen molar-refractivity contribution in [2.45, 2.75) is 26.2 Å². The summed E-state index contributed by atoms with van der Waals surface area (Å²) in [6, 6.07) is 7.95. The number of hydrogen-bond acceptors (Lipinski definition) is 3. The van der Waals surface area contributed by atoms with Crippen LogP contribution in [0.3, 0.4) is 0 Å². The highest BCUT2D eigenvalue weighted by atomic mass is 32.2. The number of hydrogen-bond donors (Lipinski definition) is 2. The number of nitrogens with one attached hydrogen (secondary N) is 2. The number of aromatic amines is 1. The first-order valence-electron chi connectivity index (χ1n) is 7.07. The molecule has 2 N–H and O–H groups in total. The first-order chi connectivity index (χ1) is 9.79. The van der Waals surface area contributed by atoms with Crippen LogP contribution in [0.2, 0.25) is 0 Å². The van der Waals surface area contributed by atoms with Gasteiger partial charge in [0.1, 0.15) is 5.82 Å². The van der Waals surface area contributed by atoms with Crippen molar-refractivity contribution < 1.29 is 4.79 Å². The lowest BCUT2D eigenvalue weighted by Gasteiger charge is -2.03. The summed E-state index contributed by atoms with van der Waals surface area (Å²) in [5, 5.41) is 2.93. The van der Waals surface area contributed by atoms with Crippen LogP contribution in [0.15, 0.2) is 24.3 Å². The van der Waals surface area contributed by atoms with E-state index in [1.807, 2.05) is 24.3 Å². The Balaban J connectivity index is 1.68. The highest BCUT2D eigenvalue weighted by Gasteiger charge is 2.04. The number of imidazole rings is 1.